The van der Waals surface area contributed by atoms with Crippen molar-refractivity contribution in [2.75, 3.05) is 10.6 Å². The lowest BCUT2D eigenvalue weighted by atomic mass is 10.1. The van der Waals surface area contributed by atoms with Gasteiger partial charge in [0, 0.05) is 10.6 Å². The standard InChI is InChI=1S/C19H23FN4O4S/c1-19(2,3)28-18(27)24-13-9-11(6-7-12(13)20)22-16(25)10-14(23-17(21)26)15-5-4-8-29-15/h4-9,14H,10H2,1-3H3,(H,22,25)(H,24,27)(H3,21,23,26). The largest absolute Gasteiger partial charge is 0.444 e. The highest BCUT2D eigenvalue weighted by atomic mass is 32.1. The summed E-state index contributed by atoms with van der Waals surface area (Å²) in [4.78, 5) is 36.2. The topological polar surface area (TPSA) is 123 Å². The third-order valence-corrected chi connectivity index (χ3v) is 4.46. The van der Waals surface area contributed by atoms with Crippen LogP contribution in [0.5, 0.6) is 0 Å². The highest BCUT2D eigenvalue weighted by Gasteiger charge is 2.20. The van der Waals surface area contributed by atoms with Crippen LogP contribution in [0.1, 0.15) is 38.1 Å². The van der Waals surface area contributed by atoms with E-state index in [2.05, 4.69) is 16.0 Å². The van der Waals surface area contributed by atoms with Crippen LogP contribution in [0.25, 0.3) is 0 Å². The van der Waals surface area contributed by atoms with E-state index in [0.717, 1.165) is 10.9 Å². The number of halogens is 1. The van der Waals surface area contributed by atoms with Gasteiger partial charge in [0.05, 0.1) is 18.2 Å². The minimum absolute atomic E-state index is 0.0738. The Bertz CT molecular complexity index is 881. The van der Waals surface area contributed by atoms with Crippen molar-refractivity contribution in [1.82, 2.24) is 5.32 Å². The summed E-state index contributed by atoms with van der Waals surface area (Å²) in [5.41, 5.74) is 4.58. The second-order valence-electron chi connectivity index (χ2n) is 7.15. The second-order valence-corrected chi connectivity index (χ2v) is 8.13. The van der Waals surface area contributed by atoms with Crippen molar-refractivity contribution in [2.45, 2.75) is 38.8 Å². The van der Waals surface area contributed by atoms with E-state index in [9.17, 15) is 18.8 Å². The Morgan fingerprint density at radius 2 is 1.93 bits per heavy atom. The minimum atomic E-state index is -0.816. The van der Waals surface area contributed by atoms with Gasteiger partial charge in [-0.05, 0) is 50.4 Å². The molecule has 0 saturated heterocycles. The van der Waals surface area contributed by atoms with E-state index in [1.807, 2.05) is 5.38 Å². The zero-order valence-corrected chi connectivity index (χ0v) is 17.1. The summed E-state index contributed by atoms with van der Waals surface area (Å²) in [6, 6.07) is 5.98. The summed E-state index contributed by atoms with van der Waals surface area (Å²) in [6.07, 6.45) is -0.890. The van der Waals surface area contributed by atoms with Crippen LogP contribution in [0, 0.1) is 5.82 Å². The van der Waals surface area contributed by atoms with Crippen LogP contribution in [0.15, 0.2) is 35.7 Å². The number of nitrogens with two attached hydrogens (primary N) is 1. The van der Waals surface area contributed by atoms with Gasteiger partial charge in [0.2, 0.25) is 5.91 Å². The van der Waals surface area contributed by atoms with Gasteiger partial charge in [-0.25, -0.2) is 14.0 Å². The molecule has 10 heteroatoms. The van der Waals surface area contributed by atoms with Crippen LogP contribution >= 0.6 is 11.3 Å². The number of nitrogens with one attached hydrogen (secondary N) is 3. The predicted molar refractivity (Wildman–Crippen MR) is 109 cm³/mol. The normalized spacial score (nSPS) is 12.0. The summed E-state index contributed by atoms with van der Waals surface area (Å²) in [5.74, 6) is -1.10. The molecule has 0 aliphatic heterocycles. The maximum absolute atomic E-state index is 14.0. The molecule has 0 saturated carbocycles. The Hall–Kier alpha value is -3.14. The molecule has 1 heterocycles. The first-order valence-corrected chi connectivity index (χ1v) is 9.60. The number of benzene rings is 1. The molecule has 1 atom stereocenters. The molecule has 2 rings (SSSR count). The number of carbonyl (C=O) groups excluding carboxylic acids is 3. The van der Waals surface area contributed by atoms with Gasteiger partial charge in [-0.1, -0.05) is 6.07 Å². The molecule has 1 aromatic carbocycles. The summed E-state index contributed by atoms with van der Waals surface area (Å²) in [7, 11) is 0. The number of thiophene rings is 1. The Balaban J connectivity index is 2.06. The molecule has 0 aliphatic carbocycles. The van der Waals surface area contributed by atoms with Crippen molar-refractivity contribution in [1.29, 1.82) is 0 Å². The monoisotopic (exact) mass is 422 g/mol. The fraction of sp³-hybridized carbons (Fsp3) is 0.316. The fourth-order valence-corrected chi connectivity index (χ4v) is 3.17. The first-order chi connectivity index (χ1) is 13.5. The first-order valence-electron chi connectivity index (χ1n) is 8.72. The maximum atomic E-state index is 14.0. The molecular weight excluding hydrogens is 399 g/mol. The summed E-state index contributed by atoms with van der Waals surface area (Å²) in [6.45, 7) is 5.05. The molecule has 0 spiro atoms. The van der Waals surface area contributed by atoms with E-state index >= 15 is 0 Å². The van der Waals surface area contributed by atoms with Gasteiger partial charge >= 0.3 is 12.1 Å². The fourth-order valence-electron chi connectivity index (χ4n) is 2.39. The number of hydrogen-bond donors (Lipinski definition) is 4. The number of primary amides is 1. The smallest absolute Gasteiger partial charge is 0.412 e. The molecule has 0 radical (unpaired) electrons. The molecule has 8 nitrogen and oxygen atoms in total. The van der Waals surface area contributed by atoms with E-state index in [1.54, 1.807) is 32.9 Å². The predicted octanol–water partition coefficient (Wildman–Crippen LogP) is 3.97. The molecule has 2 aromatic rings. The zero-order valence-electron chi connectivity index (χ0n) is 16.2. The van der Waals surface area contributed by atoms with Gasteiger partial charge < -0.3 is 21.1 Å². The quantitative estimate of drug-likeness (QED) is 0.562. The number of urea groups is 1. The number of anilines is 2. The molecule has 0 bridgehead atoms. The highest BCUT2D eigenvalue weighted by molar-refractivity contribution is 7.10. The van der Waals surface area contributed by atoms with Crippen molar-refractivity contribution in [2.24, 2.45) is 5.73 Å². The van der Waals surface area contributed by atoms with Crippen LogP contribution < -0.4 is 21.7 Å². The van der Waals surface area contributed by atoms with Crippen molar-refractivity contribution < 1.29 is 23.5 Å². The number of ether oxygens (including phenoxy) is 1. The number of rotatable bonds is 6. The van der Waals surface area contributed by atoms with Gasteiger partial charge in [-0.2, -0.15) is 0 Å². The lowest BCUT2D eigenvalue weighted by Crippen LogP contribution is -2.34. The van der Waals surface area contributed by atoms with Gasteiger partial charge in [0.15, 0.2) is 0 Å². The highest BCUT2D eigenvalue weighted by Crippen LogP contribution is 2.24. The summed E-state index contributed by atoms with van der Waals surface area (Å²) >= 11 is 1.38. The summed E-state index contributed by atoms with van der Waals surface area (Å²) in [5, 5.41) is 9.26. The van der Waals surface area contributed by atoms with Gasteiger partial charge in [0.1, 0.15) is 11.4 Å². The van der Waals surface area contributed by atoms with Gasteiger partial charge in [-0.3, -0.25) is 10.1 Å². The Labute approximate surface area is 171 Å². The van der Waals surface area contributed by atoms with Crippen LogP contribution in [0.3, 0.4) is 0 Å². The number of amides is 4. The molecular formula is C19H23FN4O4S. The Morgan fingerprint density at radius 1 is 1.21 bits per heavy atom. The van der Waals surface area contributed by atoms with Crippen molar-refractivity contribution >= 4 is 40.7 Å². The van der Waals surface area contributed by atoms with E-state index in [-0.39, 0.29) is 17.8 Å². The van der Waals surface area contributed by atoms with Crippen LogP contribution in [0.2, 0.25) is 0 Å². The average molecular weight is 422 g/mol. The van der Waals surface area contributed by atoms with E-state index in [4.69, 9.17) is 10.5 Å². The van der Waals surface area contributed by atoms with Gasteiger partial charge in [-0.15, -0.1) is 11.3 Å². The number of carbonyl (C=O) groups is 3. The maximum Gasteiger partial charge on any atom is 0.412 e. The van der Waals surface area contributed by atoms with E-state index in [0.29, 0.717) is 0 Å². The lowest BCUT2D eigenvalue weighted by Gasteiger charge is -2.20. The Morgan fingerprint density at radius 3 is 2.52 bits per heavy atom. The zero-order chi connectivity index (χ0) is 21.6. The molecule has 0 fully saturated rings. The third-order valence-electron chi connectivity index (χ3n) is 3.48. The number of hydrogen-bond acceptors (Lipinski definition) is 5. The van der Waals surface area contributed by atoms with E-state index in [1.165, 1.54) is 23.5 Å². The van der Waals surface area contributed by atoms with E-state index < -0.39 is 35.5 Å². The van der Waals surface area contributed by atoms with Crippen molar-refractivity contribution in [3.63, 3.8) is 0 Å². The van der Waals surface area contributed by atoms with Crippen molar-refractivity contribution in [3.05, 3.63) is 46.4 Å². The summed E-state index contributed by atoms with van der Waals surface area (Å²) < 4.78 is 19.1. The van der Waals surface area contributed by atoms with Crippen LogP contribution in [0.4, 0.5) is 25.4 Å². The molecule has 1 unspecified atom stereocenters. The molecule has 0 aliphatic rings. The van der Waals surface area contributed by atoms with Crippen molar-refractivity contribution in [3.8, 4) is 0 Å². The molecule has 29 heavy (non-hydrogen) atoms. The lowest BCUT2D eigenvalue weighted by molar-refractivity contribution is -0.116. The van der Waals surface area contributed by atoms with Gasteiger partial charge in [0.25, 0.3) is 0 Å². The van der Waals surface area contributed by atoms with Crippen LogP contribution in [-0.4, -0.2) is 23.6 Å². The molecule has 4 amide bonds. The molecule has 156 valence electrons. The third kappa shape index (κ3) is 7.41. The SMILES string of the molecule is CC(C)(C)OC(=O)Nc1cc(NC(=O)CC(NC(N)=O)c2cccs2)ccc1F. The average Bonchev–Trinajstić information content (AvgIpc) is 3.09. The molecule has 1 aromatic heterocycles. The first kappa shape index (κ1) is 22.2. The molecule has 5 N–H and O–H groups in total. The second kappa shape index (κ2) is 9.37. The Kier molecular flexibility index (Phi) is 7.16. The minimum Gasteiger partial charge on any atom is -0.444 e. The van der Waals surface area contributed by atoms with Crippen LogP contribution in [-0.2, 0) is 9.53 Å².